The fourth-order valence-corrected chi connectivity index (χ4v) is 13.9. The van der Waals surface area contributed by atoms with Crippen LogP contribution in [0.4, 0.5) is 11.5 Å². The van der Waals surface area contributed by atoms with Crippen molar-refractivity contribution in [1.29, 1.82) is 0 Å². The highest BCUT2D eigenvalue weighted by atomic mass is 31.3. The number of hydrogen-bond acceptors (Lipinski definition) is 24. The number of anilines is 2. The number of ketones is 1. The number of carbonyl (C=O) groups is 3. The van der Waals surface area contributed by atoms with E-state index >= 15 is 0 Å². The molecule has 0 bridgehead atoms. The number of ether oxygens (including phenoxy) is 5. The molecule has 35 nitrogen and oxygen atoms in total. The SMILES string of the molecule is CC1CC(C)(C)N(CCCC(=O)CCCNC(=O)c2cccc(OCC(N=[N+]=[N-])OCCOCC(=O)NCC#Cc3cn(C4CC(OCN=[N+]=[N-])C(COP(=O)(O)OP(=O)(O)OP(=O)(O)O)O4)c4ncnc(N)c34)c2)c2cc3oc(=O)c(-c4nc5ccccc5o4)cc3cc21. The summed E-state index contributed by atoms with van der Waals surface area (Å²) in [6, 6.07) is 19.3. The van der Waals surface area contributed by atoms with E-state index in [1.807, 2.05) is 24.3 Å². The Morgan fingerprint density at radius 2 is 1.75 bits per heavy atom. The molecule has 0 spiro atoms. The molecule has 38 heteroatoms. The number of nitrogen functional groups attached to an aromatic ring is 1. The number of carbonyl (C=O) groups excluding carboxylic acids is 3. The quantitative estimate of drug-likeness (QED) is 0.00398. The molecule has 7 atom stereocenters. The van der Waals surface area contributed by atoms with Gasteiger partial charge in [0.2, 0.25) is 11.8 Å². The van der Waals surface area contributed by atoms with Gasteiger partial charge in [-0.25, -0.2) is 33.4 Å². The zero-order valence-electron chi connectivity index (χ0n) is 51.1. The first-order chi connectivity index (χ1) is 45.3. The highest BCUT2D eigenvalue weighted by Crippen LogP contribution is 2.66. The first-order valence-electron chi connectivity index (χ1n) is 29.2. The largest absolute Gasteiger partial charge is 0.491 e. The maximum atomic E-state index is 13.3. The number of nitrogens with two attached hydrogens (primary N) is 1. The second kappa shape index (κ2) is 31.3. The van der Waals surface area contributed by atoms with Crippen LogP contribution in [0.25, 0.3) is 65.4 Å². The smallest absolute Gasteiger partial charge is 0.490 e. The molecule has 7 aromatic rings. The van der Waals surface area contributed by atoms with Gasteiger partial charge in [-0.05, 0) is 98.1 Å². The second-order valence-corrected chi connectivity index (χ2v) is 26.6. The molecule has 504 valence electrons. The van der Waals surface area contributed by atoms with Gasteiger partial charge in [0.1, 0.15) is 78.3 Å². The molecule has 6 heterocycles. The molecule has 7 unspecified atom stereocenters. The van der Waals surface area contributed by atoms with Crippen molar-refractivity contribution in [1.82, 2.24) is 30.2 Å². The Morgan fingerprint density at radius 1 is 0.947 bits per heavy atom. The summed E-state index contributed by atoms with van der Waals surface area (Å²) in [5.41, 5.74) is 28.1. The number of aromatic nitrogens is 4. The van der Waals surface area contributed by atoms with Crippen LogP contribution in [0.15, 0.2) is 103 Å². The Balaban J connectivity index is 0.676. The first kappa shape index (κ1) is 70.7. The van der Waals surface area contributed by atoms with Crippen molar-refractivity contribution in [2.45, 2.75) is 95.4 Å². The summed E-state index contributed by atoms with van der Waals surface area (Å²) < 4.78 is 89.2. The highest BCUT2D eigenvalue weighted by Gasteiger charge is 2.44. The van der Waals surface area contributed by atoms with Crippen molar-refractivity contribution >= 4 is 85.7 Å². The maximum absolute atomic E-state index is 13.3. The number of phosphoric ester groups is 1. The van der Waals surface area contributed by atoms with Gasteiger partial charge in [-0.2, -0.15) is 8.62 Å². The molecule has 2 amide bonds. The summed E-state index contributed by atoms with van der Waals surface area (Å²) in [5.74, 6) is 5.48. The van der Waals surface area contributed by atoms with Gasteiger partial charge >= 0.3 is 29.1 Å². The molecular formula is C57H65N14O21P3. The Morgan fingerprint density at radius 3 is 2.53 bits per heavy atom. The molecule has 3 aromatic carbocycles. The average molecular weight is 1380 g/mol. The number of hydrogen-bond donors (Lipinski definition) is 7. The number of phosphoric acid groups is 3. The minimum atomic E-state index is -5.83. The zero-order chi connectivity index (χ0) is 68.1. The van der Waals surface area contributed by atoms with E-state index in [-0.39, 0.29) is 114 Å². The van der Waals surface area contributed by atoms with Gasteiger partial charge in [0.15, 0.2) is 11.8 Å². The van der Waals surface area contributed by atoms with Crippen molar-refractivity contribution in [2.75, 3.05) is 70.0 Å². The number of Topliss-reactive ketones (excluding diaryl/α,β-unsaturated/α-hetero) is 1. The van der Waals surface area contributed by atoms with Gasteiger partial charge in [0.05, 0.1) is 43.4 Å². The van der Waals surface area contributed by atoms with Gasteiger partial charge < -0.3 is 77.9 Å². The molecule has 4 aromatic heterocycles. The van der Waals surface area contributed by atoms with Crippen molar-refractivity contribution in [3.63, 3.8) is 0 Å². The van der Waals surface area contributed by atoms with E-state index in [2.05, 4.69) is 97.8 Å². The number of fused-ring (bicyclic) bond motifs is 4. The predicted octanol–water partition coefficient (Wildman–Crippen LogP) is 8.08. The van der Waals surface area contributed by atoms with E-state index < -0.39 is 79.6 Å². The summed E-state index contributed by atoms with van der Waals surface area (Å²) in [4.78, 5) is 110. The van der Waals surface area contributed by atoms with E-state index in [9.17, 15) is 48.2 Å². The van der Waals surface area contributed by atoms with Crippen LogP contribution in [0.1, 0.15) is 92.9 Å². The van der Waals surface area contributed by atoms with Crippen LogP contribution >= 0.6 is 23.5 Å². The number of nitrogens with zero attached hydrogens (tertiary/aromatic N) is 11. The Labute approximate surface area is 539 Å². The minimum absolute atomic E-state index is 0.00749. The van der Waals surface area contributed by atoms with E-state index in [4.69, 9.17) is 58.1 Å². The number of amides is 2. The maximum Gasteiger partial charge on any atom is 0.490 e. The lowest BCUT2D eigenvalue weighted by atomic mass is 9.79. The average Bonchev–Trinajstić information content (AvgIpc) is 1.53. The molecule has 9 rings (SSSR count). The molecule has 95 heavy (non-hydrogen) atoms. The van der Waals surface area contributed by atoms with E-state index in [1.165, 1.54) is 16.8 Å². The number of oxazole rings is 1. The lowest BCUT2D eigenvalue weighted by Gasteiger charge is -2.47. The fraction of sp³-hybridized carbons (Fsp3) is 0.421. The standard InChI is InChI=1S/C57H65N14O21P3/c1-34-27-57(2,3)71(43-25-45-37(23-40(34)43)24-41(56(75)90-45)55-66-42-15-4-5-16-44(42)89-55)19-9-13-38(72)12-8-18-62-54(74)35-10-6-14-39(22-35)85-31-49(67-69-60)84-21-20-83-30-48(73)61-17-7-11-36-28-70(53-51(36)52(58)63-32-64-53)50-26-46(86-33-65-68-59)47(88-50)29-87-94(79,80)92-95(81,82)91-93(76,77)78/h4-6,10,14-16,22-25,28,32,34,46-47,49-50H,8-9,12-13,17-21,26-27,29-31,33H2,1-3H3,(H,61,73)(H,62,74)(H,79,80)(H,81,82)(H2,58,63,64)(H2,76,77,78). The van der Waals surface area contributed by atoms with Gasteiger partial charge in [0.25, 0.3) is 5.91 Å². The van der Waals surface area contributed by atoms with Crippen LogP contribution in [-0.4, -0.2) is 140 Å². The highest BCUT2D eigenvalue weighted by molar-refractivity contribution is 7.66. The van der Waals surface area contributed by atoms with Crippen LogP contribution in [0.5, 0.6) is 5.75 Å². The zero-order valence-corrected chi connectivity index (χ0v) is 53.7. The van der Waals surface area contributed by atoms with E-state index in [0.29, 0.717) is 42.5 Å². The van der Waals surface area contributed by atoms with Crippen LogP contribution in [-0.2, 0) is 55.4 Å². The molecular weight excluding hydrogens is 1310 g/mol. The third kappa shape index (κ3) is 19.1. The number of para-hydroxylation sites is 2. The number of rotatable bonds is 32. The number of azide groups is 2. The monoisotopic (exact) mass is 1370 g/mol. The van der Waals surface area contributed by atoms with Gasteiger partial charge in [-0.1, -0.05) is 47.2 Å². The second-order valence-electron chi connectivity index (χ2n) is 22.2. The summed E-state index contributed by atoms with van der Waals surface area (Å²) >= 11 is 0. The van der Waals surface area contributed by atoms with Gasteiger partial charge in [0, 0.05) is 76.6 Å². The first-order valence-corrected chi connectivity index (χ1v) is 33.8. The van der Waals surface area contributed by atoms with Crippen molar-refractivity contribution < 1.29 is 93.3 Å². The molecule has 1 fully saturated rings. The molecule has 0 radical (unpaired) electrons. The molecule has 2 aliphatic heterocycles. The van der Waals surface area contributed by atoms with Crippen molar-refractivity contribution in [3.8, 4) is 29.0 Å². The third-order valence-corrected chi connectivity index (χ3v) is 18.7. The third-order valence-electron chi connectivity index (χ3n) is 14.9. The van der Waals surface area contributed by atoms with Gasteiger partial charge in [-0.3, -0.25) is 18.9 Å². The normalized spacial score (nSPS) is 18.3. The summed E-state index contributed by atoms with van der Waals surface area (Å²) in [6.07, 6.45) is 0.608. The van der Waals surface area contributed by atoms with E-state index in [1.54, 1.807) is 30.3 Å². The molecule has 0 aliphatic carbocycles. The van der Waals surface area contributed by atoms with Crippen molar-refractivity contribution in [3.05, 3.63) is 127 Å². The van der Waals surface area contributed by atoms with Crippen LogP contribution in [0, 0.1) is 11.8 Å². The predicted molar refractivity (Wildman–Crippen MR) is 336 cm³/mol. The summed E-state index contributed by atoms with van der Waals surface area (Å²) in [5, 5.41) is 13.4. The van der Waals surface area contributed by atoms with Crippen LogP contribution in [0.3, 0.4) is 0 Å². The summed E-state index contributed by atoms with van der Waals surface area (Å²) in [6.45, 7) is 4.90. The molecule has 8 N–H and O–H groups in total. The lowest BCUT2D eigenvalue weighted by molar-refractivity contribution is -0.126. The minimum Gasteiger partial charge on any atom is -0.491 e. The topological polar surface area (TPSA) is 495 Å². The Kier molecular flexibility index (Phi) is 23.3. The Hall–Kier alpha value is -8.60. The van der Waals surface area contributed by atoms with Gasteiger partial charge in [-0.15, -0.1) is 0 Å². The van der Waals surface area contributed by atoms with E-state index in [0.717, 1.165) is 29.4 Å². The molecule has 0 saturated carbocycles. The summed E-state index contributed by atoms with van der Waals surface area (Å²) in [7, 11) is -17.0. The number of nitrogens with one attached hydrogen (secondary N) is 2. The van der Waals surface area contributed by atoms with Crippen LogP contribution < -0.4 is 31.6 Å². The lowest BCUT2D eigenvalue weighted by Crippen LogP contribution is -2.48. The molecule has 2 aliphatic rings. The molecule has 1 saturated heterocycles. The van der Waals surface area contributed by atoms with Crippen molar-refractivity contribution in [2.24, 2.45) is 10.2 Å². The number of benzene rings is 3. The Bertz CT molecular complexity index is 4330. The van der Waals surface area contributed by atoms with Crippen LogP contribution in [0.2, 0.25) is 0 Å². The fourth-order valence-electron chi connectivity index (χ4n) is 10.9.